The smallest absolute Gasteiger partial charge is 0.257 e. The van der Waals surface area contributed by atoms with Gasteiger partial charge in [-0.05, 0) is 5.56 Å². The number of carbonyl (C=O) groups is 1. The zero-order chi connectivity index (χ0) is 17.5. The standard InChI is InChI=1S/C19H23N5O/c1-2-8-20-19-21-13-17(14-22-19)18(25)24-11-9-23(10-12-24)15-16-6-4-3-5-7-16/h2-7,13-14H,1,8-12,15H2,(H,20,21,22). The topological polar surface area (TPSA) is 61.4 Å². The van der Waals surface area contributed by atoms with E-state index in [0.717, 1.165) is 32.7 Å². The minimum Gasteiger partial charge on any atom is -0.351 e. The van der Waals surface area contributed by atoms with Crippen LogP contribution in [0.3, 0.4) is 0 Å². The number of aromatic nitrogens is 2. The molecule has 0 radical (unpaired) electrons. The van der Waals surface area contributed by atoms with Gasteiger partial charge in [-0.1, -0.05) is 36.4 Å². The zero-order valence-electron chi connectivity index (χ0n) is 14.3. The van der Waals surface area contributed by atoms with Gasteiger partial charge in [-0.25, -0.2) is 9.97 Å². The molecule has 1 fully saturated rings. The van der Waals surface area contributed by atoms with Crippen LogP contribution in [0.4, 0.5) is 5.95 Å². The molecule has 1 saturated heterocycles. The van der Waals surface area contributed by atoms with E-state index in [0.29, 0.717) is 18.1 Å². The molecule has 6 nitrogen and oxygen atoms in total. The molecule has 0 saturated carbocycles. The van der Waals surface area contributed by atoms with Gasteiger partial charge in [0, 0.05) is 51.7 Å². The molecule has 0 spiro atoms. The van der Waals surface area contributed by atoms with Crippen LogP contribution in [0.2, 0.25) is 0 Å². The Balaban J connectivity index is 1.51. The first-order valence-electron chi connectivity index (χ1n) is 8.48. The first kappa shape index (κ1) is 17.1. The number of amides is 1. The van der Waals surface area contributed by atoms with Crippen LogP contribution in [0.25, 0.3) is 0 Å². The van der Waals surface area contributed by atoms with Crippen LogP contribution in [-0.4, -0.2) is 58.4 Å². The molecule has 1 aliphatic rings. The van der Waals surface area contributed by atoms with Crippen molar-refractivity contribution in [2.75, 3.05) is 38.0 Å². The Morgan fingerprint density at radius 3 is 2.44 bits per heavy atom. The molecule has 1 aromatic carbocycles. The van der Waals surface area contributed by atoms with E-state index < -0.39 is 0 Å². The highest BCUT2D eigenvalue weighted by Gasteiger charge is 2.22. The van der Waals surface area contributed by atoms with Crippen LogP contribution >= 0.6 is 0 Å². The molecule has 130 valence electrons. The third-order valence-electron chi connectivity index (χ3n) is 4.21. The number of carbonyl (C=O) groups excluding carboxylic acids is 1. The Hall–Kier alpha value is -2.73. The first-order chi connectivity index (χ1) is 12.3. The molecule has 0 bridgehead atoms. The maximum atomic E-state index is 12.6. The monoisotopic (exact) mass is 337 g/mol. The molecule has 1 N–H and O–H groups in total. The number of piperazine rings is 1. The fourth-order valence-corrected chi connectivity index (χ4v) is 2.83. The summed E-state index contributed by atoms with van der Waals surface area (Å²) in [6.45, 7) is 8.35. The Morgan fingerprint density at radius 1 is 1.12 bits per heavy atom. The quantitative estimate of drug-likeness (QED) is 0.817. The predicted molar refractivity (Wildman–Crippen MR) is 98.3 cm³/mol. The lowest BCUT2D eigenvalue weighted by molar-refractivity contribution is 0.0627. The van der Waals surface area contributed by atoms with Crippen LogP contribution in [0.15, 0.2) is 55.4 Å². The summed E-state index contributed by atoms with van der Waals surface area (Å²) in [5.74, 6) is 0.499. The lowest BCUT2D eigenvalue weighted by atomic mass is 10.2. The highest BCUT2D eigenvalue weighted by molar-refractivity contribution is 5.93. The van der Waals surface area contributed by atoms with Crippen LogP contribution in [0.1, 0.15) is 15.9 Å². The van der Waals surface area contributed by atoms with Crippen molar-refractivity contribution in [3.63, 3.8) is 0 Å². The first-order valence-corrected chi connectivity index (χ1v) is 8.48. The summed E-state index contributed by atoms with van der Waals surface area (Å²) in [5, 5.41) is 3.00. The largest absolute Gasteiger partial charge is 0.351 e. The minimum atomic E-state index is -0.00497. The number of nitrogens with one attached hydrogen (secondary N) is 1. The number of hydrogen-bond acceptors (Lipinski definition) is 5. The summed E-state index contributed by atoms with van der Waals surface area (Å²) < 4.78 is 0. The summed E-state index contributed by atoms with van der Waals surface area (Å²) >= 11 is 0. The number of hydrogen-bond donors (Lipinski definition) is 1. The molecule has 2 heterocycles. The van der Waals surface area contributed by atoms with E-state index >= 15 is 0 Å². The van der Waals surface area contributed by atoms with E-state index in [1.165, 1.54) is 5.56 Å². The molecule has 0 aliphatic carbocycles. The van der Waals surface area contributed by atoms with Gasteiger partial charge in [0.15, 0.2) is 0 Å². The molecule has 1 aromatic heterocycles. The van der Waals surface area contributed by atoms with Crippen molar-refractivity contribution in [2.24, 2.45) is 0 Å². The second-order valence-electron chi connectivity index (χ2n) is 6.02. The fraction of sp³-hybridized carbons (Fsp3) is 0.316. The van der Waals surface area contributed by atoms with Crippen molar-refractivity contribution in [1.82, 2.24) is 19.8 Å². The number of benzene rings is 1. The van der Waals surface area contributed by atoms with Crippen molar-refractivity contribution in [1.29, 1.82) is 0 Å². The van der Waals surface area contributed by atoms with E-state index in [1.807, 2.05) is 11.0 Å². The predicted octanol–water partition coefficient (Wildman–Crippen LogP) is 2.03. The third kappa shape index (κ3) is 4.64. The normalized spacial score (nSPS) is 15.0. The molecule has 2 aromatic rings. The van der Waals surface area contributed by atoms with Crippen LogP contribution in [0, 0.1) is 0 Å². The Kier molecular flexibility index (Phi) is 5.74. The summed E-state index contributed by atoms with van der Waals surface area (Å²) in [5.41, 5.74) is 1.83. The van der Waals surface area contributed by atoms with Gasteiger partial charge >= 0.3 is 0 Å². The minimum absolute atomic E-state index is 0.00497. The second kappa shape index (κ2) is 8.39. The van der Waals surface area contributed by atoms with Gasteiger partial charge in [0.2, 0.25) is 5.95 Å². The van der Waals surface area contributed by atoms with Crippen molar-refractivity contribution >= 4 is 11.9 Å². The van der Waals surface area contributed by atoms with Crippen molar-refractivity contribution in [3.8, 4) is 0 Å². The van der Waals surface area contributed by atoms with E-state index in [1.54, 1.807) is 18.5 Å². The molecule has 25 heavy (non-hydrogen) atoms. The molecule has 0 atom stereocenters. The Bertz CT molecular complexity index is 694. The van der Waals surface area contributed by atoms with Crippen molar-refractivity contribution in [3.05, 3.63) is 66.5 Å². The number of anilines is 1. The van der Waals surface area contributed by atoms with Gasteiger partial charge in [0.1, 0.15) is 0 Å². The molecular weight excluding hydrogens is 314 g/mol. The Morgan fingerprint density at radius 2 is 1.80 bits per heavy atom. The number of rotatable bonds is 6. The molecule has 1 amide bonds. The van der Waals surface area contributed by atoms with Gasteiger partial charge < -0.3 is 10.2 Å². The van der Waals surface area contributed by atoms with Gasteiger partial charge in [0.25, 0.3) is 5.91 Å². The van der Waals surface area contributed by atoms with Crippen LogP contribution < -0.4 is 5.32 Å². The Labute approximate surface area is 148 Å². The van der Waals surface area contributed by atoms with E-state index in [4.69, 9.17) is 0 Å². The molecular formula is C19H23N5O. The molecule has 1 aliphatic heterocycles. The van der Waals surface area contributed by atoms with E-state index in [-0.39, 0.29) is 5.91 Å². The number of nitrogens with zero attached hydrogens (tertiary/aromatic N) is 4. The third-order valence-corrected chi connectivity index (χ3v) is 4.21. The van der Waals surface area contributed by atoms with Crippen molar-refractivity contribution in [2.45, 2.75) is 6.54 Å². The van der Waals surface area contributed by atoms with Crippen LogP contribution in [-0.2, 0) is 6.54 Å². The maximum Gasteiger partial charge on any atom is 0.257 e. The lowest BCUT2D eigenvalue weighted by Crippen LogP contribution is -2.48. The van der Waals surface area contributed by atoms with Gasteiger partial charge in [0.05, 0.1) is 5.56 Å². The van der Waals surface area contributed by atoms with E-state index in [9.17, 15) is 4.79 Å². The lowest BCUT2D eigenvalue weighted by Gasteiger charge is -2.34. The maximum absolute atomic E-state index is 12.6. The SMILES string of the molecule is C=CCNc1ncc(C(=O)N2CCN(Cc3ccccc3)CC2)cn1. The molecule has 0 unspecified atom stereocenters. The second-order valence-corrected chi connectivity index (χ2v) is 6.02. The zero-order valence-corrected chi connectivity index (χ0v) is 14.3. The summed E-state index contributed by atoms with van der Waals surface area (Å²) in [6.07, 6.45) is 4.89. The van der Waals surface area contributed by atoms with Crippen molar-refractivity contribution < 1.29 is 4.79 Å². The fourth-order valence-electron chi connectivity index (χ4n) is 2.83. The summed E-state index contributed by atoms with van der Waals surface area (Å²) in [7, 11) is 0. The van der Waals surface area contributed by atoms with Gasteiger partial charge in [-0.2, -0.15) is 0 Å². The van der Waals surface area contributed by atoms with Gasteiger partial charge in [-0.15, -0.1) is 6.58 Å². The molecule has 6 heteroatoms. The van der Waals surface area contributed by atoms with Crippen LogP contribution in [0.5, 0.6) is 0 Å². The average molecular weight is 337 g/mol. The molecule has 3 rings (SSSR count). The average Bonchev–Trinajstić information content (AvgIpc) is 2.68. The summed E-state index contributed by atoms with van der Waals surface area (Å²) in [6, 6.07) is 10.4. The van der Waals surface area contributed by atoms with E-state index in [2.05, 4.69) is 51.0 Å². The summed E-state index contributed by atoms with van der Waals surface area (Å²) in [4.78, 5) is 25.2. The highest BCUT2D eigenvalue weighted by atomic mass is 16.2. The highest BCUT2D eigenvalue weighted by Crippen LogP contribution is 2.11. The van der Waals surface area contributed by atoms with Gasteiger partial charge in [-0.3, -0.25) is 9.69 Å².